The average molecular weight is 935 g/mol. The molecule has 0 saturated carbocycles. The number of esters is 3. The van der Waals surface area contributed by atoms with Crippen LogP contribution in [0.5, 0.6) is 0 Å². The van der Waals surface area contributed by atoms with Gasteiger partial charge < -0.3 is 14.2 Å². The fraction of sp³-hybridized carbons (Fsp3) is 0.532. The van der Waals surface area contributed by atoms with Crippen molar-refractivity contribution < 1.29 is 28.6 Å². The molecule has 0 N–H and O–H groups in total. The number of ether oxygens (including phenoxy) is 3. The van der Waals surface area contributed by atoms with Crippen LogP contribution in [0.15, 0.2) is 158 Å². The van der Waals surface area contributed by atoms with Crippen molar-refractivity contribution in [2.75, 3.05) is 13.2 Å². The molecule has 0 bridgehead atoms. The lowest BCUT2D eigenvalue weighted by molar-refractivity contribution is -0.167. The van der Waals surface area contributed by atoms with Crippen molar-refractivity contribution in [3.63, 3.8) is 0 Å². The fourth-order valence-electron chi connectivity index (χ4n) is 6.50. The van der Waals surface area contributed by atoms with E-state index in [1.165, 1.54) is 12.8 Å². The second-order valence-corrected chi connectivity index (χ2v) is 16.8. The Kier molecular flexibility index (Phi) is 50.6. The van der Waals surface area contributed by atoms with Crippen LogP contribution in [-0.2, 0) is 28.6 Å². The predicted octanol–water partition coefficient (Wildman–Crippen LogP) is 17.8. The topological polar surface area (TPSA) is 78.9 Å². The van der Waals surface area contributed by atoms with Crippen LogP contribution in [0, 0.1) is 0 Å². The van der Waals surface area contributed by atoms with Crippen LogP contribution in [0.25, 0.3) is 0 Å². The van der Waals surface area contributed by atoms with E-state index in [1.807, 2.05) is 48.6 Å². The molecule has 0 aromatic rings. The number of hydrogen-bond acceptors (Lipinski definition) is 6. The summed E-state index contributed by atoms with van der Waals surface area (Å²) in [5.41, 5.74) is 0. The van der Waals surface area contributed by atoms with E-state index >= 15 is 0 Å². The zero-order valence-electron chi connectivity index (χ0n) is 43.0. The van der Waals surface area contributed by atoms with Gasteiger partial charge in [-0.15, -0.1) is 0 Å². The van der Waals surface area contributed by atoms with Crippen molar-refractivity contribution in [3.8, 4) is 0 Å². The van der Waals surface area contributed by atoms with Crippen LogP contribution in [0.2, 0.25) is 0 Å². The Bertz CT molecular complexity index is 1590. The molecular weight excluding hydrogens is 841 g/mol. The Labute approximate surface area is 416 Å². The zero-order valence-corrected chi connectivity index (χ0v) is 43.0. The van der Waals surface area contributed by atoms with Gasteiger partial charge in [-0.05, 0) is 116 Å². The van der Waals surface area contributed by atoms with Crippen molar-refractivity contribution in [1.82, 2.24) is 0 Å². The summed E-state index contributed by atoms with van der Waals surface area (Å²) in [7, 11) is 0. The molecule has 0 saturated heterocycles. The van der Waals surface area contributed by atoms with E-state index in [4.69, 9.17) is 14.2 Å². The summed E-state index contributed by atoms with van der Waals surface area (Å²) in [6.45, 7) is 6.17. The highest BCUT2D eigenvalue weighted by Gasteiger charge is 2.19. The highest BCUT2D eigenvalue weighted by atomic mass is 16.6. The molecule has 68 heavy (non-hydrogen) atoms. The van der Waals surface area contributed by atoms with Gasteiger partial charge in [0.2, 0.25) is 0 Å². The molecule has 0 radical (unpaired) electrons. The molecule has 0 spiro atoms. The molecule has 6 nitrogen and oxygen atoms in total. The number of allylic oxidation sites excluding steroid dienone is 26. The Balaban J connectivity index is 4.57. The smallest absolute Gasteiger partial charge is 0.306 e. The molecule has 0 amide bonds. The SMILES string of the molecule is CC\C=C/C=C\C=C/C=C\C=C/CCCCCC(=O)OCC(COC(=O)CCCCCCCC/C=C\C/C=C\C/C=C\C/C=C\CC)OC(=O)CCCCC/C=C\C/C=C\C/C=C\C/C=C\CC. The van der Waals surface area contributed by atoms with Gasteiger partial charge in [-0.25, -0.2) is 0 Å². The van der Waals surface area contributed by atoms with E-state index in [0.29, 0.717) is 19.3 Å². The van der Waals surface area contributed by atoms with Crippen LogP contribution < -0.4 is 0 Å². The monoisotopic (exact) mass is 935 g/mol. The van der Waals surface area contributed by atoms with Crippen molar-refractivity contribution in [2.45, 2.75) is 200 Å². The second-order valence-electron chi connectivity index (χ2n) is 16.8. The number of rotatable bonds is 45. The van der Waals surface area contributed by atoms with E-state index in [-0.39, 0.29) is 37.5 Å². The van der Waals surface area contributed by atoms with Crippen LogP contribution in [0.1, 0.15) is 194 Å². The molecule has 1 atom stereocenters. The van der Waals surface area contributed by atoms with E-state index in [0.717, 1.165) is 135 Å². The van der Waals surface area contributed by atoms with Gasteiger partial charge in [0, 0.05) is 19.3 Å². The van der Waals surface area contributed by atoms with E-state index in [9.17, 15) is 14.4 Å². The summed E-state index contributed by atoms with van der Waals surface area (Å²) in [5, 5.41) is 0. The Morgan fingerprint density at radius 1 is 0.309 bits per heavy atom. The third-order valence-electron chi connectivity index (χ3n) is 10.4. The van der Waals surface area contributed by atoms with Gasteiger partial charge >= 0.3 is 17.9 Å². The molecule has 0 fully saturated rings. The first-order valence-corrected chi connectivity index (χ1v) is 26.6. The van der Waals surface area contributed by atoms with Crippen LogP contribution in [0.4, 0.5) is 0 Å². The molecule has 0 aliphatic rings. The number of hydrogen-bond donors (Lipinski definition) is 0. The van der Waals surface area contributed by atoms with Crippen LogP contribution in [-0.4, -0.2) is 37.2 Å². The summed E-state index contributed by atoms with van der Waals surface area (Å²) in [6, 6.07) is 0. The molecule has 0 aromatic heterocycles. The summed E-state index contributed by atoms with van der Waals surface area (Å²) in [4.78, 5) is 38.1. The Morgan fingerprint density at radius 3 is 1.01 bits per heavy atom. The third-order valence-corrected chi connectivity index (χ3v) is 10.4. The molecule has 0 rings (SSSR count). The lowest BCUT2D eigenvalue weighted by Crippen LogP contribution is -2.30. The maximum Gasteiger partial charge on any atom is 0.306 e. The van der Waals surface area contributed by atoms with Crippen molar-refractivity contribution in [2.24, 2.45) is 0 Å². The predicted molar refractivity (Wildman–Crippen MR) is 292 cm³/mol. The molecule has 0 heterocycles. The number of unbranched alkanes of at least 4 members (excludes halogenated alkanes) is 12. The molecular formula is C62H94O6. The largest absolute Gasteiger partial charge is 0.462 e. The van der Waals surface area contributed by atoms with Gasteiger partial charge in [0.25, 0.3) is 0 Å². The minimum Gasteiger partial charge on any atom is -0.462 e. The quantitative estimate of drug-likeness (QED) is 0.0199. The first kappa shape index (κ1) is 63.0. The Morgan fingerprint density at radius 2 is 0.603 bits per heavy atom. The standard InChI is InChI=1S/C62H94O6/c1-4-7-10-13-16-19-22-25-28-30-31-32-35-37-40-43-46-49-52-55-61(64)67-58-59(57-66-60(63)54-51-48-45-42-39-36-33-27-24-21-18-15-12-9-6-3)68-62(65)56-53-50-47-44-41-38-34-29-26-23-20-17-14-11-8-5-2/h7-12,15-21,24-29,31-33,36,38-39,41,59H,4-6,13-14,22-23,30,34-35,37,40,42-58H2,1-3H3/b10-7-,11-8-,12-9-,18-15-,19-16-,20-17-,24-21-,28-25-,29-26-,32-31-,33-27-,39-36-,41-38-. The van der Waals surface area contributed by atoms with Gasteiger partial charge in [-0.1, -0.05) is 217 Å². The molecule has 1 unspecified atom stereocenters. The Hall–Kier alpha value is -4.97. The maximum atomic E-state index is 12.8. The van der Waals surface area contributed by atoms with E-state index < -0.39 is 6.10 Å². The van der Waals surface area contributed by atoms with Crippen molar-refractivity contribution >= 4 is 17.9 Å². The summed E-state index contributed by atoms with van der Waals surface area (Å²) in [5.74, 6) is -1.02. The van der Waals surface area contributed by atoms with E-state index in [1.54, 1.807) is 0 Å². The summed E-state index contributed by atoms with van der Waals surface area (Å²) >= 11 is 0. The molecule has 0 aromatic carbocycles. The lowest BCUT2D eigenvalue weighted by atomic mass is 10.1. The highest BCUT2D eigenvalue weighted by Crippen LogP contribution is 2.12. The molecule has 0 aliphatic carbocycles. The lowest BCUT2D eigenvalue weighted by Gasteiger charge is -2.18. The normalized spacial score (nSPS) is 13.4. The first-order chi connectivity index (χ1) is 33.5. The average Bonchev–Trinajstić information content (AvgIpc) is 3.34. The fourth-order valence-corrected chi connectivity index (χ4v) is 6.50. The molecule has 0 aliphatic heterocycles. The minimum atomic E-state index is -0.827. The zero-order chi connectivity index (χ0) is 49.3. The minimum absolute atomic E-state index is 0.120. The third kappa shape index (κ3) is 52.0. The van der Waals surface area contributed by atoms with Gasteiger partial charge in [-0.3, -0.25) is 14.4 Å². The second kappa shape index (κ2) is 54.6. The highest BCUT2D eigenvalue weighted by molar-refractivity contribution is 5.71. The van der Waals surface area contributed by atoms with Crippen LogP contribution in [0.3, 0.4) is 0 Å². The van der Waals surface area contributed by atoms with E-state index in [2.05, 4.69) is 130 Å². The summed E-state index contributed by atoms with van der Waals surface area (Å²) in [6.07, 6.45) is 79.4. The first-order valence-electron chi connectivity index (χ1n) is 26.6. The van der Waals surface area contributed by atoms with Gasteiger partial charge in [-0.2, -0.15) is 0 Å². The maximum absolute atomic E-state index is 12.8. The van der Waals surface area contributed by atoms with Crippen molar-refractivity contribution in [3.05, 3.63) is 158 Å². The van der Waals surface area contributed by atoms with Gasteiger partial charge in [0.15, 0.2) is 6.10 Å². The molecule has 6 heteroatoms. The van der Waals surface area contributed by atoms with Gasteiger partial charge in [0.1, 0.15) is 13.2 Å². The number of carbonyl (C=O) groups is 3. The number of carbonyl (C=O) groups excluding carboxylic acids is 3. The van der Waals surface area contributed by atoms with Gasteiger partial charge in [0.05, 0.1) is 0 Å². The van der Waals surface area contributed by atoms with Crippen molar-refractivity contribution in [1.29, 1.82) is 0 Å². The summed E-state index contributed by atoms with van der Waals surface area (Å²) < 4.78 is 16.7. The van der Waals surface area contributed by atoms with Crippen LogP contribution >= 0.6 is 0 Å². The molecule has 378 valence electrons.